The van der Waals surface area contributed by atoms with Gasteiger partial charge in [0.25, 0.3) is 5.69 Å². The van der Waals surface area contributed by atoms with E-state index in [4.69, 9.17) is 4.74 Å². The number of anilines is 1. The molecule has 0 radical (unpaired) electrons. The minimum atomic E-state index is -0.528. The van der Waals surface area contributed by atoms with Gasteiger partial charge in [-0.3, -0.25) is 14.9 Å². The lowest BCUT2D eigenvalue weighted by atomic mass is 10.4. The topological polar surface area (TPSA) is 94.4 Å². The maximum absolute atomic E-state index is 11.1. The summed E-state index contributed by atoms with van der Waals surface area (Å²) in [5.41, 5.74) is -0.0992. The van der Waals surface area contributed by atoms with E-state index in [1.54, 1.807) is 6.92 Å². The Hall–Kier alpha value is -1.70. The molecule has 0 aliphatic carbocycles. The Kier molecular flexibility index (Phi) is 5.50. The lowest BCUT2D eigenvalue weighted by Gasteiger charge is -2.06. The molecule has 0 aromatic carbocycles. The zero-order valence-electron chi connectivity index (χ0n) is 9.68. The highest BCUT2D eigenvalue weighted by Crippen LogP contribution is 2.24. The summed E-state index contributed by atoms with van der Waals surface area (Å²) in [6.07, 6.45) is 1.36. The van der Waals surface area contributed by atoms with Crippen LogP contribution in [-0.2, 0) is 9.53 Å². The Labute approximate surface area is 112 Å². The van der Waals surface area contributed by atoms with Crippen LogP contribution in [0.1, 0.15) is 13.3 Å². The van der Waals surface area contributed by atoms with E-state index >= 15 is 0 Å². The third-order valence-corrected chi connectivity index (χ3v) is 2.57. The van der Waals surface area contributed by atoms with Crippen molar-refractivity contribution in [1.82, 2.24) is 4.98 Å². The van der Waals surface area contributed by atoms with Crippen LogP contribution in [0.5, 0.6) is 0 Å². The van der Waals surface area contributed by atoms with E-state index in [1.165, 1.54) is 6.07 Å². The fourth-order valence-electron chi connectivity index (χ4n) is 1.17. The standard InChI is InChI=1S/C10H12BrN3O4/c1-2-18-9(15)3-4-12-10-8(11)5-7(6-13-10)14(16)17/h5-6H,2-4H2,1H3,(H,12,13). The molecule has 0 fully saturated rings. The highest BCUT2D eigenvalue weighted by molar-refractivity contribution is 9.10. The van der Waals surface area contributed by atoms with E-state index in [1.807, 2.05) is 0 Å². The number of nitrogens with one attached hydrogen (secondary N) is 1. The van der Waals surface area contributed by atoms with Crippen molar-refractivity contribution in [3.63, 3.8) is 0 Å². The molecule has 1 heterocycles. The lowest BCUT2D eigenvalue weighted by Crippen LogP contribution is -2.12. The van der Waals surface area contributed by atoms with Crippen LogP contribution in [0.4, 0.5) is 11.5 Å². The lowest BCUT2D eigenvalue weighted by molar-refractivity contribution is -0.385. The highest BCUT2D eigenvalue weighted by Gasteiger charge is 2.10. The first-order valence-electron chi connectivity index (χ1n) is 5.24. The van der Waals surface area contributed by atoms with E-state index in [2.05, 4.69) is 26.2 Å². The number of hydrogen-bond acceptors (Lipinski definition) is 6. The number of nitro groups is 1. The molecule has 0 aliphatic heterocycles. The summed E-state index contributed by atoms with van der Waals surface area (Å²) < 4.78 is 5.23. The fourth-order valence-corrected chi connectivity index (χ4v) is 1.65. The molecule has 0 bridgehead atoms. The Balaban J connectivity index is 2.53. The SMILES string of the molecule is CCOC(=O)CCNc1ncc([N+](=O)[O-])cc1Br. The number of carbonyl (C=O) groups is 1. The van der Waals surface area contributed by atoms with Crippen LogP contribution >= 0.6 is 15.9 Å². The molecule has 0 saturated carbocycles. The number of esters is 1. The fraction of sp³-hybridized carbons (Fsp3) is 0.400. The maximum Gasteiger partial charge on any atom is 0.307 e. The minimum absolute atomic E-state index is 0.0992. The van der Waals surface area contributed by atoms with Gasteiger partial charge in [0, 0.05) is 12.6 Å². The maximum atomic E-state index is 11.1. The Bertz CT molecular complexity index is 453. The largest absolute Gasteiger partial charge is 0.466 e. The van der Waals surface area contributed by atoms with Crippen molar-refractivity contribution in [2.75, 3.05) is 18.5 Å². The third-order valence-electron chi connectivity index (χ3n) is 1.96. The first-order chi connectivity index (χ1) is 8.54. The molecule has 98 valence electrons. The van der Waals surface area contributed by atoms with Gasteiger partial charge in [-0.05, 0) is 22.9 Å². The van der Waals surface area contributed by atoms with Crippen molar-refractivity contribution in [3.8, 4) is 0 Å². The number of carbonyl (C=O) groups excluding carboxylic acids is 1. The Morgan fingerprint density at radius 2 is 2.39 bits per heavy atom. The van der Waals surface area contributed by atoms with Gasteiger partial charge >= 0.3 is 5.97 Å². The summed E-state index contributed by atoms with van der Waals surface area (Å²) in [5.74, 6) is 0.146. The second-order valence-corrected chi connectivity index (χ2v) is 4.12. The van der Waals surface area contributed by atoms with Crippen LogP contribution in [0.15, 0.2) is 16.7 Å². The molecule has 8 heteroatoms. The predicted molar refractivity (Wildman–Crippen MR) is 68.3 cm³/mol. The van der Waals surface area contributed by atoms with Crippen molar-refractivity contribution in [2.24, 2.45) is 0 Å². The van der Waals surface area contributed by atoms with Crippen LogP contribution < -0.4 is 5.32 Å². The van der Waals surface area contributed by atoms with E-state index < -0.39 is 4.92 Å². The average molecular weight is 318 g/mol. The second kappa shape index (κ2) is 6.90. The molecule has 0 atom stereocenters. The molecule has 0 spiro atoms. The van der Waals surface area contributed by atoms with E-state index in [0.29, 0.717) is 23.4 Å². The number of aromatic nitrogens is 1. The zero-order chi connectivity index (χ0) is 13.5. The number of hydrogen-bond donors (Lipinski definition) is 1. The summed E-state index contributed by atoms with van der Waals surface area (Å²) in [5, 5.41) is 13.4. The van der Waals surface area contributed by atoms with Crippen molar-refractivity contribution < 1.29 is 14.5 Å². The number of nitrogens with zero attached hydrogens (tertiary/aromatic N) is 2. The van der Waals surface area contributed by atoms with Crippen LogP contribution in [0, 0.1) is 10.1 Å². The predicted octanol–water partition coefficient (Wildman–Crippen LogP) is 2.12. The molecular formula is C10H12BrN3O4. The Morgan fingerprint density at radius 3 is 2.94 bits per heavy atom. The summed E-state index contributed by atoms with van der Waals surface area (Å²) in [4.78, 5) is 24.9. The van der Waals surface area contributed by atoms with E-state index in [0.717, 1.165) is 6.20 Å². The van der Waals surface area contributed by atoms with Crippen LogP contribution in [0.2, 0.25) is 0 Å². The van der Waals surface area contributed by atoms with E-state index in [9.17, 15) is 14.9 Å². The number of rotatable bonds is 6. The van der Waals surface area contributed by atoms with Crippen LogP contribution in [0.3, 0.4) is 0 Å². The molecular weight excluding hydrogens is 306 g/mol. The van der Waals surface area contributed by atoms with Gasteiger partial charge < -0.3 is 10.1 Å². The highest BCUT2D eigenvalue weighted by atomic mass is 79.9. The number of ether oxygens (including phenoxy) is 1. The minimum Gasteiger partial charge on any atom is -0.466 e. The Morgan fingerprint density at radius 1 is 1.67 bits per heavy atom. The normalized spacial score (nSPS) is 9.89. The molecule has 1 rings (SSSR count). The van der Waals surface area contributed by atoms with Crippen molar-refractivity contribution in [1.29, 1.82) is 0 Å². The summed E-state index contributed by atoms with van der Waals surface area (Å²) >= 11 is 3.17. The van der Waals surface area contributed by atoms with Crippen molar-refractivity contribution in [2.45, 2.75) is 13.3 Å². The van der Waals surface area contributed by atoms with Gasteiger partial charge in [0.2, 0.25) is 0 Å². The zero-order valence-corrected chi connectivity index (χ0v) is 11.3. The smallest absolute Gasteiger partial charge is 0.307 e. The molecule has 1 aromatic heterocycles. The first kappa shape index (κ1) is 14.4. The van der Waals surface area contributed by atoms with Gasteiger partial charge in [-0.1, -0.05) is 0 Å². The van der Waals surface area contributed by atoms with Gasteiger partial charge in [0.05, 0.1) is 22.4 Å². The molecule has 0 unspecified atom stereocenters. The van der Waals surface area contributed by atoms with Gasteiger partial charge in [0.15, 0.2) is 0 Å². The average Bonchev–Trinajstić information content (AvgIpc) is 2.31. The summed E-state index contributed by atoms with van der Waals surface area (Å²) in [6.45, 7) is 2.43. The summed E-state index contributed by atoms with van der Waals surface area (Å²) in [6, 6.07) is 1.35. The molecule has 7 nitrogen and oxygen atoms in total. The van der Waals surface area contributed by atoms with Crippen LogP contribution in [0.25, 0.3) is 0 Å². The van der Waals surface area contributed by atoms with Crippen molar-refractivity contribution in [3.05, 3.63) is 26.9 Å². The third kappa shape index (κ3) is 4.28. The molecule has 18 heavy (non-hydrogen) atoms. The molecule has 1 aromatic rings. The number of pyridine rings is 1. The van der Waals surface area contributed by atoms with Gasteiger partial charge in [-0.15, -0.1) is 0 Å². The van der Waals surface area contributed by atoms with Gasteiger partial charge in [0.1, 0.15) is 12.0 Å². The van der Waals surface area contributed by atoms with Crippen molar-refractivity contribution >= 4 is 33.4 Å². The quantitative estimate of drug-likeness (QED) is 0.490. The van der Waals surface area contributed by atoms with Gasteiger partial charge in [-0.2, -0.15) is 0 Å². The molecule has 0 aliphatic rings. The second-order valence-electron chi connectivity index (χ2n) is 3.26. The van der Waals surface area contributed by atoms with Gasteiger partial charge in [-0.25, -0.2) is 4.98 Å². The monoisotopic (exact) mass is 317 g/mol. The first-order valence-corrected chi connectivity index (χ1v) is 6.03. The molecule has 0 amide bonds. The van der Waals surface area contributed by atoms with Crippen LogP contribution in [-0.4, -0.2) is 29.0 Å². The van der Waals surface area contributed by atoms with E-state index in [-0.39, 0.29) is 18.1 Å². The molecule has 0 saturated heterocycles. The molecule has 1 N–H and O–H groups in total. The number of halogens is 1. The summed E-state index contributed by atoms with van der Waals surface area (Å²) in [7, 11) is 0.